The predicted octanol–water partition coefficient (Wildman–Crippen LogP) is 0.728. The van der Waals surface area contributed by atoms with Crippen molar-refractivity contribution in [3.63, 3.8) is 0 Å². The molecule has 4 heteroatoms. The molecule has 0 aromatic carbocycles. The third-order valence-corrected chi connectivity index (χ3v) is 1.41. The average molecular weight is 146 g/mol. The van der Waals surface area contributed by atoms with Crippen molar-refractivity contribution in [1.82, 2.24) is 20.2 Å². The van der Waals surface area contributed by atoms with Crippen molar-refractivity contribution >= 4 is 11.0 Å². The van der Waals surface area contributed by atoms with Crippen LogP contribution in [0.25, 0.3) is 11.0 Å². The van der Waals surface area contributed by atoms with Gasteiger partial charge in [0.15, 0.2) is 0 Å². The summed E-state index contributed by atoms with van der Waals surface area (Å²) < 4.78 is 0. The Morgan fingerprint density at radius 3 is 3.00 bits per heavy atom. The van der Waals surface area contributed by atoms with Crippen molar-refractivity contribution in [2.45, 2.75) is 6.92 Å². The first-order chi connectivity index (χ1) is 5.36. The highest BCUT2D eigenvalue weighted by molar-refractivity contribution is 5.71. The van der Waals surface area contributed by atoms with Crippen molar-refractivity contribution in [1.29, 1.82) is 0 Å². The molecule has 0 atom stereocenters. The Morgan fingerprint density at radius 2 is 2.09 bits per heavy atom. The van der Waals surface area contributed by atoms with Crippen LogP contribution >= 0.6 is 0 Å². The molecule has 2 heterocycles. The fourth-order valence-electron chi connectivity index (χ4n) is 0.894. The minimum Gasteiger partial charge on any atom is -0.259 e. The van der Waals surface area contributed by atoms with E-state index in [-0.39, 0.29) is 0 Å². The van der Waals surface area contributed by atoms with Gasteiger partial charge in [0, 0.05) is 5.69 Å². The van der Waals surface area contributed by atoms with Gasteiger partial charge >= 0.3 is 0 Å². The largest absolute Gasteiger partial charge is 0.259 e. The minimum atomic E-state index is 0.783. The maximum atomic E-state index is 4.08. The van der Waals surface area contributed by atoms with Gasteiger partial charge in [-0.1, -0.05) is 0 Å². The minimum absolute atomic E-state index is 0.783. The normalized spacial score (nSPS) is 10.3. The number of hydrogen-bond acceptors (Lipinski definition) is 4. The smallest absolute Gasteiger partial charge is 0.138 e. The molecule has 0 aliphatic heterocycles. The van der Waals surface area contributed by atoms with Gasteiger partial charge in [-0.3, -0.25) is 4.98 Å². The second-order valence-electron chi connectivity index (χ2n) is 2.27. The predicted molar refractivity (Wildman–Crippen MR) is 39.9 cm³/mol. The van der Waals surface area contributed by atoms with E-state index in [1.165, 1.54) is 6.33 Å². The van der Waals surface area contributed by atoms with Crippen molar-refractivity contribution in [3.8, 4) is 0 Å². The molecule has 0 radical (unpaired) electrons. The molecule has 0 N–H and O–H groups in total. The summed E-state index contributed by atoms with van der Waals surface area (Å²) in [7, 11) is 0. The van der Waals surface area contributed by atoms with Crippen LogP contribution in [0, 0.1) is 6.92 Å². The van der Waals surface area contributed by atoms with Crippen LogP contribution in [0.1, 0.15) is 5.69 Å². The van der Waals surface area contributed by atoms with Gasteiger partial charge in [0.2, 0.25) is 0 Å². The molecule has 0 saturated heterocycles. The Bertz CT molecular complexity index is 385. The van der Waals surface area contributed by atoms with Gasteiger partial charge in [0.05, 0.1) is 6.20 Å². The highest BCUT2D eigenvalue weighted by Gasteiger charge is 1.94. The first-order valence-electron chi connectivity index (χ1n) is 3.26. The quantitative estimate of drug-likeness (QED) is 0.549. The Labute approximate surface area is 63.3 Å². The zero-order chi connectivity index (χ0) is 7.68. The fourth-order valence-corrected chi connectivity index (χ4v) is 0.894. The molecular formula is C7H6N4. The summed E-state index contributed by atoms with van der Waals surface area (Å²) in [6, 6.07) is 1.86. The van der Waals surface area contributed by atoms with Gasteiger partial charge in [0.25, 0.3) is 0 Å². The zero-order valence-electron chi connectivity index (χ0n) is 6.02. The molecule has 0 saturated carbocycles. The second kappa shape index (κ2) is 2.23. The highest BCUT2D eigenvalue weighted by atomic mass is 15.1. The molecule has 0 unspecified atom stereocenters. The topological polar surface area (TPSA) is 51.6 Å². The van der Waals surface area contributed by atoms with E-state index in [1.807, 2.05) is 13.0 Å². The Kier molecular flexibility index (Phi) is 1.25. The first-order valence-corrected chi connectivity index (χ1v) is 3.26. The number of fused-ring (bicyclic) bond motifs is 1. The molecule has 0 amide bonds. The van der Waals surface area contributed by atoms with E-state index in [0.717, 1.165) is 16.7 Å². The van der Waals surface area contributed by atoms with Gasteiger partial charge in [-0.25, -0.2) is 4.98 Å². The number of aromatic nitrogens is 4. The van der Waals surface area contributed by atoms with Crippen LogP contribution in [-0.2, 0) is 0 Å². The van der Waals surface area contributed by atoms with Crippen LogP contribution in [0.5, 0.6) is 0 Å². The summed E-state index contributed by atoms with van der Waals surface area (Å²) >= 11 is 0. The molecule has 0 bridgehead atoms. The molecule has 4 nitrogen and oxygen atoms in total. The molecule has 0 aliphatic rings. The number of hydrogen-bond donors (Lipinski definition) is 0. The molecular weight excluding hydrogens is 140 g/mol. The van der Waals surface area contributed by atoms with Gasteiger partial charge in [0.1, 0.15) is 17.4 Å². The molecule has 2 rings (SSSR count). The van der Waals surface area contributed by atoms with E-state index in [2.05, 4.69) is 20.2 Å². The molecule has 2 aromatic heterocycles. The van der Waals surface area contributed by atoms with E-state index in [4.69, 9.17) is 0 Å². The zero-order valence-corrected chi connectivity index (χ0v) is 6.02. The molecule has 0 spiro atoms. The van der Waals surface area contributed by atoms with Crippen LogP contribution < -0.4 is 0 Å². The van der Waals surface area contributed by atoms with E-state index < -0.39 is 0 Å². The van der Waals surface area contributed by atoms with Gasteiger partial charge < -0.3 is 0 Å². The summed E-state index contributed by atoms with van der Waals surface area (Å²) in [4.78, 5) is 8.06. The first kappa shape index (κ1) is 6.15. The summed E-state index contributed by atoms with van der Waals surface area (Å²) in [6.45, 7) is 1.91. The van der Waals surface area contributed by atoms with E-state index in [0.29, 0.717) is 0 Å². The van der Waals surface area contributed by atoms with Gasteiger partial charge in [-0.05, 0) is 13.0 Å². The third kappa shape index (κ3) is 1.02. The molecule has 0 aliphatic carbocycles. The standard InChI is InChI=1S/C7H6N4/c1-5-2-6-7(3-8-5)9-4-10-11-6/h2-4H,1H3. The summed E-state index contributed by atoms with van der Waals surface area (Å²) in [5, 5.41) is 7.55. The number of nitrogens with zero attached hydrogens (tertiary/aromatic N) is 4. The summed E-state index contributed by atoms with van der Waals surface area (Å²) in [5.74, 6) is 0. The van der Waals surface area contributed by atoms with E-state index in [1.54, 1.807) is 6.20 Å². The SMILES string of the molecule is Cc1cc2nncnc2cn1. The lowest BCUT2D eigenvalue weighted by Crippen LogP contribution is -1.88. The van der Waals surface area contributed by atoms with Crippen LogP contribution in [-0.4, -0.2) is 20.2 Å². The maximum absolute atomic E-state index is 4.08. The monoisotopic (exact) mass is 146 g/mol. The average Bonchev–Trinajstić information content (AvgIpc) is 2.04. The Morgan fingerprint density at radius 1 is 1.18 bits per heavy atom. The summed E-state index contributed by atoms with van der Waals surface area (Å²) in [6.07, 6.45) is 3.11. The fraction of sp³-hybridized carbons (Fsp3) is 0.143. The van der Waals surface area contributed by atoms with Crippen LogP contribution in [0.3, 0.4) is 0 Å². The lowest BCUT2D eigenvalue weighted by Gasteiger charge is -1.93. The Balaban J connectivity index is 2.83. The maximum Gasteiger partial charge on any atom is 0.138 e. The second-order valence-corrected chi connectivity index (χ2v) is 2.27. The molecule has 2 aromatic rings. The van der Waals surface area contributed by atoms with Crippen LogP contribution in [0.4, 0.5) is 0 Å². The van der Waals surface area contributed by atoms with Crippen molar-refractivity contribution in [2.75, 3.05) is 0 Å². The third-order valence-electron chi connectivity index (χ3n) is 1.41. The van der Waals surface area contributed by atoms with Crippen molar-refractivity contribution in [3.05, 3.63) is 24.3 Å². The van der Waals surface area contributed by atoms with Crippen molar-refractivity contribution < 1.29 is 0 Å². The Hall–Kier alpha value is -1.58. The van der Waals surface area contributed by atoms with Crippen LogP contribution in [0.15, 0.2) is 18.6 Å². The van der Waals surface area contributed by atoms with E-state index in [9.17, 15) is 0 Å². The number of aryl methyl sites for hydroxylation is 1. The lowest BCUT2D eigenvalue weighted by molar-refractivity contribution is 1.01. The summed E-state index contributed by atoms with van der Waals surface area (Å²) in [5.41, 5.74) is 2.51. The molecule has 54 valence electrons. The van der Waals surface area contributed by atoms with E-state index >= 15 is 0 Å². The van der Waals surface area contributed by atoms with Gasteiger partial charge in [-0.15, -0.1) is 10.2 Å². The lowest BCUT2D eigenvalue weighted by atomic mass is 10.3. The molecule has 11 heavy (non-hydrogen) atoms. The van der Waals surface area contributed by atoms with Crippen molar-refractivity contribution in [2.24, 2.45) is 0 Å². The molecule has 0 fully saturated rings. The highest BCUT2D eigenvalue weighted by Crippen LogP contribution is 2.04. The number of rotatable bonds is 0. The number of pyridine rings is 1. The van der Waals surface area contributed by atoms with Crippen LogP contribution in [0.2, 0.25) is 0 Å². The van der Waals surface area contributed by atoms with Gasteiger partial charge in [-0.2, -0.15) is 0 Å².